The zero-order valence-electron chi connectivity index (χ0n) is 21.1. The Morgan fingerprint density at radius 3 is 2.35 bits per heavy atom. The summed E-state index contributed by atoms with van der Waals surface area (Å²) in [4.78, 5) is 44.5. The van der Waals surface area contributed by atoms with Gasteiger partial charge in [-0.05, 0) is 43.7 Å². The number of benzene rings is 2. The van der Waals surface area contributed by atoms with Crippen molar-refractivity contribution in [3.8, 4) is 0 Å². The molecule has 2 aliphatic heterocycles. The van der Waals surface area contributed by atoms with E-state index in [9.17, 15) is 14.4 Å². The highest BCUT2D eigenvalue weighted by atomic mass is 35.5. The van der Waals surface area contributed by atoms with Crippen LogP contribution in [0.15, 0.2) is 53.7 Å². The number of rotatable bonds is 6. The van der Waals surface area contributed by atoms with E-state index >= 15 is 0 Å². The molecule has 2 heterocycles. The first-order valence-corrected chi connectivity index (χ1v) is 12.9. The fourth-order valence-electron chi connectivity index (χ4n) is 4.57. The second kappa shape index (κ2) is 11.5. The van der Waals surface area contributed by atoms with Crippen molar-refractivity contribution in [1.82, 2.24) is 20.0 Å². The van der Waals surface area contributed by atoms with Crippen LogP contribution in [-0.4, -0.2) is 79.0 Å². The molecule has 10 heteroatoms. The molecule has 37 heavy (non-hydrogen) atoms. The molecule has 0 radical (unpaired) electrons. The average Bonchev–Trinajstić information content (AvgIpc) is 2.87. The molecule has 2 aromatic carbocycles. The predicted molar refractivity (Wildman–Crippen MR) is 143 cm³/mol. The molecule has 0 aromatic heterocycles. The van der Waals surface area contributed by atoms with Gasteiger partial charge in [0.15, 0.2) is 0 Å². The van der Waals surface area contributed by atoms with Crippen LogP contribution in [0.25, 0.3) is 0 Å². The van der Waals surface area contributed by atoms with Gasteiger partial charge in [0.2, 0.25) is 0 Å². The molecule has 1 atom stereocenters. The van der Waals surface area contributed by atoms with Gasteiger partial charge in [-0.2, -0.15) is 0 Å². The molecule has 0 unspecified atom stereocenters. The van der Waals surface area contributed by atoms with Crippen LogP contribution in [-0.2, 0) is 9.53 Å². The first-order chi connectivity index (χ1) is 17.7. The highest BCUT2D eigenvalue weighted by molar-refractivity contribution is 6.35. The molecule has 0 spiro atoms. The number of likely N-dealkylation sites (N-methyl/N-ethyl adjacent to an activating group) is 1. The lowest BCUT2D eigenvalue weighted by Gasteiger charge is -2.39. The number of hydrogen-bond acceptors (Lipinski definition) is 5. The van der Waals surface area contributed by atoms with Gasteiger partial charge in [-0.15, -0.1) is 0 Å². The number of nitrogens with zero attached hydrogens (tertiary/aromatic N) is 3. The number of nitrogens with one attached hydrogen (secondary N) is 1. The molecule has 3 amide bonds. The molecule has 2 aromatic rings. The van der Waals surface area contributed by atoms with Gasteiger partial charge >= 0.3 is 12.0 Å². The highest BCUT2D eigenvalue weighted by Gasteiger charge is 2.38. The van der Waals surface area contributed by atoms with Crippen LogP contribution in [0, 0.1) is 6.92 Å². The topological polar surface area (TPSA) is 82.2 Å². The molecule has 1 fully saturated rings. The normalized spacial score (nSPS) is 18.6. The molecule has 1 N–H and O–H groups in total. The van der Waals surface area contributed by atoms with Crippen molar-refractivity contribution in [3.63, 3.8) is 0 Å². The van der Waals surface area contributed by atoms with Crippen molar-refractivity contribution < 1.29 is 19.1 Å². The van der Waals surface area contributed by atoms with Crippen LogP contribution in [0.3, 0.4) is 0 Å². The van der Waals surface area contributed by atoms with Gasteiger partial charge in [-0.1, -0.05) is 47.0 Å². The van der Waals surface area contributed by atoms with Gasteiger partial charge in [0.25, 0.3) is 5.91 Å². The summed E-state index contributed by atoms with van der Waals surface area (Å²) in [7, 11) is 1.63. The minimum Gasteiger partial charge on any atom is -0.463 e. The SMILES string of the molecule is CCOC(=O)C1=C(CN2CCN(C(=O)c3ccc(C)cc3)CC2)N(C)C(=O)N[C@@H]1c1ccc(Cl)cc1Cl. The number of halogens is 2. The monoisotopic (exact) mass is 544 g/mol. The number of esters is 1. The lowest BCUT2D eigenvalue weighted by molar-refractivity contribution is -0.139. The number of piperazine rings is 1. The van der Waals surface area contributed by atoms with Crippen molar-refractivity contribution in [2.75, 3.05) is 46.4 Å². The summed E-state index contributed by atoms with van der Waals surface area (Å²) in [5.74, 6) is -0.522. The van der Waals surface area contributed by atoms with Crippen molar-refractivity contribution in [2.45, 2.75) is 19.9 Å². The average molecular weight is 545 g/mol. The Balaban J connectivity index is 1.58. The quantitative estimate of drug-likeness (QED) is 0.549. The van der Waals surface area contributed by atoms with Crippen LogP contribution >= 0.6 is 23.2 Å². The number of urea groups is 1. The maximum atomic E-state index is 13.2. The Morgan fingerprint density at radius 1 is 1.05 bits per heavy atom. The minimum atomic E-state index is -0.785. The third-order valence-corrected chi connectivity index (χ3v) is 7.24. The number of aryl methyl sites for hydroxylation is 1. The second-order valence-corrected chi connectivity index (χ2v) is 9.97. The molecular formula is C27H30Cl2N4O4. The first kappa shape index (κ1) is 27.0. The van der Waals surface area contributed by atoms with E-state index in [0.29, 0.717) is 65.2 Å². The molecule has 1 saturated heterocycles. The molecule has 0 aliphatic carbocycles. The Labute approximate surface area is 226 Å². The number of hydrogen-bond donors (Lipinski definition) is 1. The fourth-order valence-corrected chi connectivity index (χ4v) is 5.08. The molecule has 2 aliphatic rings. The number of amides is 3. The van der Waals surface area contributed by atoms with E-state index in [1.54, 1.807) is 32.2 Å². The third kappa shape index (κ3) is 5.92. The standard InChI is InChI=1S/C27H30Cl2N4O4/c1-4-37-26(35)23-22(31(3)27(36)30-24(23)20-10-9-19(28)15-21(20)29)16-32-11-13-33(14-12-32)25(34)18-7-5-17(2)6-8-18/h5-10,15,24H,4,11-14,16H2,1-3H3,(H,30,36)/t24-/m1/s1. The zero-order valence-corrected chi connectivity index (χ0v) is 22.6. The highest BCUT2D eigenvalue weighted by Crippen LogP contribution is 2.36. The fraction of sp³-hybridized carbons (Fsp3) is 0.370. The summed E-state index contributed by atoms with van der Waals surface area (Å²) >= 11 is 12.5. The molecule has 0 bridgehead atoms. The predicted octanol–water partition coefficient (Wildman–Crippen LogP) is 4.27. The van der Waals surface area contributed by atoms with E-state index in [0.717, 1.165) is 5.56 Å². The molecule has 196 valence electrons. The molecule has 0 saturated carbocycles. The molecule has 4 rings (SSSR count). The van der Waals surface area contributed by atoms with E-state index in [1.165, 1.54) is 4.90 Å². The van der Waals surface area contributed by atoms with Crippen LogP contribution in [0.2, 0.25) is 10.0 Å². The summed E-state index contributed by atoms with van der Waals surface area (Å²) in [6.45, 7) is 6.52. The van der Waals surface area contributed by atoms with Crippen LogP contribution < -0.4 is 5.32 Å². The Kier molecular flexibility index (Phi) is 8.42. The molecular weight excluding hydrogens is 515 g/mol. The number of ether oxygens (including phenoxy) is 1. The second-order valence-electron chi connectivity index (χ2n) is 9.12. The van der Waals surface area contributed by atoms with Gasteiger partial charge in [0.1, 0.15) is 0 Å². The first-order valence-electron chi connectivity index (χ1n) is 12.2. The van der Waals surface area contributed by atoms with E-state index in [4.69, 9.17) is 27.9 Å². The Morgan fingerprint density at radius 2 is 1.73 bits per heavy atom. The van der Waals surface area contributed by atoms with E-state index in [-0.39, 0.29) is 18.5 Å². The van der Waals surface area contributed by atoms with Crippen molar-refractivity contribution in [1.29, 1.82) is 0 Å². The Bertz CT molecular complexity index is 1220. The van der Waals surface area contributed by atoms with Crippen LogP contribution in [0.4, 0.5) is 4.79 Å². The minimum absolute atomic E-state index is 0.00214. The van der Waals surface area contributed by atoms with Crippen molar-refractivity contribution >= 4 is 41.1 Å². The van der Waals surface area contributed by atoms with Gasteiger partial charge in [-0.3, -0.25) is 14.6 Å². The van der Waals surface area contributed by atoms with E-state index in [2.05, 4.69) is 10.2 Å². The summed E-state index contributed by atoms with van der Waals surface area (Å²) in [5.41, 5.74) is 3.19. The van der Waals surface area contributed by atoms with E-state index < -0.39 is 12.0 Å². The van der Waals surface area contributed by atoms with Crippen LogP contribution in [0.1, 0.15) is 34.5 Å². The lowest BCUT2D eigenvalue weighted by Crippen LogP contribution is -2.53. The van der Waals surface area contributed by atoms with E-state index in [1.807, 2.05) is 36.1 Å². The maximum absolute atomic E-state index is 13.2. The van der Waals surface area contributed by atoms with Crippen molar-refractivity contribution in [3.05, 3.63) is 80.5 Å². The maximum Gasteiger partial charge on any atom is 0.338 e. The number of carbonyl (C=O) groups excluding carboxylic acids is 3. The van der Waals surface area contributed by atoms with Gasteiger partial charge < -0.3 is 15.0 Å². The van der Waals surface area contributed by atoms with Gasteiger partial charge in [-0.25, -0.2) is 9.59 Å². The van der Waals surface area contributed by atoms with Gasteiger partial charge in [0, 0.05) is 61.1 Å². The Hall–Kier alpha value is -3.07. The summed E-state index contributed by atoms with van der Waals surface area (Å²) in [6, 6.07) is 11.4. The molecule has 8 nitrogen and oxygen atoms in total. The zero-order chi connectivity index (χ0) is 26.7. The number of carbonyl (C=O) groups is 3. The summed E-state index contributed by atoms with van der Waals surface area (Å²) < 4.78 is 5.39. The summed E-state index contributed by atoms with van der Waals surface area (Å²) in [5, 5.41) is 3.66. The van der Waals surface area contributed by atoms with Crippen LogP contribution in [0.5, 0.6) is 0 Å². The van der Waals surface area contributed by atoms with Crippen molar-refractivity contribution in [2.24, 2.45) is 0 Å². The lowest BCUT2D eigenvalue weighted by atomic mass is 9.94. The largest absolute Gasteiger partial charge is 0.463 e. The smallest absolute Gasteiger partial charge is 0.338 e. The summed E-state index contributed by atoms with van der Waals surface area (Å²) in [6.07, 6.45) is 0. The third-order valence-electron chi connectivity index (χ3n) is 6.68. The van der Waals surface area contributed by atoms with Gasteiger partial charge in [0.05, 0.1) is 18.2 Å².